The van der Waals surface area contributed by atoms with Gasteiger partial charge >= 0.3 is 0 Å². The van der Waals surface area contributed by atoms with Crippen LogP contribution >= 0.6 is 15.9 Å². The van der Waals surface area contributed by atoms with Crippen LogP contribution in [-0.2, 0) is 6.54 Å². The van der Waals surface area contributed by atoms with Gasteiger partial charge in [-0.25, -0.2) is 0 Å². The van der Waals surface area contributed by atoms with Gasteiger partial charge in [-0.2, -0.15) is 0 Å². The number of hydrogen-bond acceptors (Lipinski definition) is 3. The molecule has 2 rings (SSSR count). The summed E-state index contributed by atoms with van der Waals surface area (Å²) < 4.78 is 0.771. The summed E-state index contributed by atoms with van der Waals surface area (Å²) in [6.45, 7) is 6.10. The summed E-state index contributed by atoms with van der Waals surface area (Å²) in [5.41, 5.74) is 0.989. The van der Waals surface area contributed by atoms with Crippen LogP contribution in [0, 0.1) is 0 Å². The fourth-order valence-corrected chi connectivity index (χ4v) is 2.49. The summed E-state index contributed by atoms with van der Waals surface area (Å²) >= 11 is 3.34. The third kappa shape index (κ3) is 2.75. The zero-order valence-corrected chi connectivity index (χ0v) is 11.0. The molecule has 1 saturated heterocycles. The fourth-order valence-electron chi connectivity index (χ4n) is 2.08. The summed E-state index contributed by atoms with van der Waals surface area (Å²) in [5, 5.41) is 13.3. The van der Waals surface area contributed by atoms with Crippen molar-refractivity contribution in [3.63, 3.8) is 0 Å². The third-order valence-corrected chi connectivity index (χ3v) is 3.56. The van der Waals surface area contributed by atoms with Crippen molar-refractivity contribution in [3.8, 4) is 5.75 Å². The van der Waals surface area contributed by atoms with Gasteiger partial charge in [0.05, 0.1) is 4.47 Å². The summed E-state index contributed by atoms with van der Waals surface area (Å²) in [6, 6.07) is 6.33. The molecule has 0 bridgehead atoms. The Morgan fingerprint density at radius 2 is 2.38 bits per heavy atom. The van der Waals surface area contributed by atoms with Gasteiger partial charge in [0.25, 0.3) is 0 Å². The number of rotatable bonds is 2. The summed E-state index contributed by atoms with van der Waals surface area (Å²) in [5.74, 6) is 0.369. The highest BCUT2D eigenvalue weighted by atomic mass is 79.9. The van der Waals surface area contributed by atoms with Crippen LogP contribution in [-0.4, -0.2) is 35.7 Å². The van der Waals surface area contributed by atoms with Gasteiger partial charge < -0.3 is 10.4 Å². The van der Waals surface area contributed by atoms with E-state index in [-0.39, 0.29) is 0 Å². The van der Waals surface area contributed by atoms with E-state index in [1.807, 2.05) is 18.2 Å². The van der Waals surface area contributed by atoms with Crippen LogP contribution in [0.25, 0.3) is 0 Å². The van der Waals surface area contributed by atoms with Crippen molar-refractivity contribution in [2.45, 2.75) is 19.5 Å². The predicted octanol–water partition coefficient (Wildman–Crippen LogP) is 1.95. The van der Waals surface area contributed by atoms with E-state index >= 15 is 0 Å². The average Bonchev–Trinajstić information content (AvgIpc) is 2.25. The molecule has 3 nitrogen and oxygen atoms in total. The lowest BCUT2D eigenvalue weighted by molar-refractivity contribution is 0.198. The first kappa shape index (κ1) is 11.9. The monoisotopic (exact) mass is 284 g/mol. The van der Waals surface area contributed by atoms with E-state index in [1.165, 1.54) is 0 Å². The molecule has 0 unspecified atom stereocenters. The Hall–Kier alpha value is -0.580. The standard InChI is InChI=1S/C12H17BrN2O/c1-9-7-15(6-5-14-9)8-10-3-2-4-11(13)12(10)16/h2-4,9,14,16H,5-8H2,1H3/t9-/m0/s1. The molecule has 88 valence electrons. The first-order chi connectivity index (χ1) is 7.66. The number of aromatic hydroxyl groups is 1. The third-order valence-electron chi connectivity index (χ3n) is 2.92. The number of halogens is 1. The van der Waals surface area contributed by atoms with E-state index in [4.69, 9.17) is 0 Å². The molecule has 16 heavy (non-hydrogen) atoms. The van der Waals surface area contributed by atoms with Gasteiger partial charge in [-0.1, -0.05) is 12.1 Å². The van der Waals surface area contributed by atoms with Crippen LogP contribution in [0.15, 0.2) is 22.7 Å². The molecule has 1 aromatic rings. The maximum Gasteiger partial charge on any atom is 0.134 e. The largest absolute Gasteiger partial charge is 0.506 e. The SMILES string of the molecule is C[C@H]1CN(Cc2cccc(Br)c2O)CCN1. The normalized spacial score (nSPS) is 22.2. The minimum absolute atomic E-state index is 0.369. The molecule has 2 N–H and O–H groups in total. The summed E-state index contributed by atoms with van der Waals surface area (Å²) in [4.78, 5) is 2.36. The highest BCUT2D eigenvalue weighted by Gasteiger charge is 2.17. The molecule has 1 heterocycles. The van der Waals surface area contributed by atoms with E-state index in [1.54, 1.807) is 0 Å². The molecule has 0 amide bonds. The molecule has 1 fully saturated rings. The Morgan fingerprint density at radius 3 is 3.12 bits per heavy atom. The van der Waals surface area contributed by atoms with Crippen molar-refractivity contribution < 1.29 is 5.11 Å². The van der Waals surface area contributed by atoms with Crippen molar-refractivity contribution in [2.24, 2.45) is 0 Å². The number of benzene rings is 1. The van der Waals surface area contributed by atoms with Crippen LogP contribution in [0.4, 0.5) is 0 Å². The lowest BCUT2D eigenvalue weighted by atomic mass is 10.1. The first-order valence-corrected chi connectivity index (χ1v) is 6.38. The molecular formula is C12H17BrN2O. The van der Waals surface area contributed by atoms with E-state index in [9.17, 15) is 5.11 Å². The molecular weight excluding hydrogens is 268 g/mol. The van der Waals surface area contributed by atoms with E-state index in [0.29, 0.717) is 11.8 Å². The average molecular weight is 285 g/mol. The fraction of sp³-hybridized carbons (Fsp3) is 0.500. The van der Waals surface area contributed by atoms with Gasteiger partial charge in [-0.3, -0.25) is 4.90 Å². The second-order valence-electron chi connectivity index (χ2n) is 4.34. The van der Waals surface area contributed by atoms with Crippen molar-refractivity contribution in [3.05, 3.63) is 28.2 Å². The van der Waals surface area contributed by atoms with Crippen molar-refractivity contribution in [1.82, 2.24) is 10.2 Å². The highest BCUT2D eigenvalue weighted by Crippen LogP contribution is 2.28. The zero-order chi connectivity index (χ0) is 11.5. The number of nitrogens with zero attached hydrogens (tertiary/aromatic N) is 1. The van der Waals surface area contributed by atoms with Crippen molar-refractivity contribution in [1.29, 1.82) is 0 Å². The van der Waals surface area contributed by atoms with Gasteiger partial charge in [0.15, 0.2) is 0 Å². The molecule has 0 aromatic heterocycles. The van der Waals surface area contributed by atoms with E-state index < -0.39 is 0 Å². The maximum atomic E-state index is 9.90. The van der Waals surface area contributed by atoms with Crippen LogP contribution in [0.3, 0.4) is 0 Å². The molecule has 0 aliphatic carbocycles. The lowest BCUT2D eigenvalue weighted by Crippen LogP contribution is -2.48. The van der Waals surface area contributed by atoms with E-state index in [0.717, 1.165) is 36.2 Å². The van der Waals surface area contributed by atoms with Gasteiger partial charge in [0, 0.05) is 37.8 Å². The van der Waals surface area contributed by atoms with Crippen molar-refractivity contribution >= 4 is 15.9 Å². The van der Waals surface area contributed by atoms with Gasteiger partial charge in [-0.15, -0.1) is 0 Å². The molecule has 0 spiro atoms. The molecule has 4 heteroatoms. The highest BCUT2D eigenvalue weighted by molar-refractivity contribution is 9.10. The Labute approximate surface area is 105 Å². The second kappa shape index (κ2) is 5.17. The molecule has 1 aliphatic heterocycles. The van der Waals surface area contributed by atoms with Crippen LogP contribution < -0.4 is 5.32 Å². The Bertz CT molecular complexity index is 370. The van der Waals surface area contributed by atoms with Crippen molar-refractivity contribution in [2.75, 3.05) is 19.6 Å². The number of nitrogens with one attached hydrogen (secondary N) is 1. The number of piperazine rings is 1. The minimum Gasteiger partial charge on any atom is -0.506 e. The molecule has 1 aromatic carbocycles. The molecule has 1 aliphatic rings. The molecule has 0 radical (unpaired) electrons. The van der Waals surface area contributed by atoms with Crippen LogP contribution in [0.1, 0.15) is 12.5 Å². The smallest absolute Gasteiger partial charge is 0.134 e. The number of para-hydroxylation sites is 1. The molecule has 0 saturated carbocycles. The minimum atomic E-state index is 0.369. The number of hydrogen-bond donors (Lipinski definition) is 2. The summed E-state index contributed by atoms with van der Waals surface area (Å²) in [6.07, 6.45) is 0. The summed E-state index contributed by atoms with van der Waals surface area (Å²) in [7, 11) is 0. The van der Waals surface area contributed by atoms with Gasteiger partial charge in [-0.05, 0) is 28.9 Å². The second-order valence-corrected chi connectivity index (χ2v) is 5.19. The quantitative estimate of drug-likeness (QED) is 0.872. The number of phenols is 1. The maximum absolute atomic E-state index is 9.90. The Balaban J connectivity index is 2.05. The van der Waals surface area contributed by atoms with Crippen LogP contribution in [0.2, 0.25) is 0 Å². The first-order valence-electron chi connectivity index (χ1n) is 5.59. The topological polar surface area (TPSA) is 35.5 Å². The molecule has 1 atom stereocenters. The van der Waals surface area contributed by atoms with Crippen LogP contribution in [0.5, 0.6) is 5.75 Å². The zero-order valence-electron chi connectivity index (χ0n) is 9.41. The predicted molar refractivity (Wildman–Crippen MR) is 68.5 cm³/mol. The lowest BCUT2D eigenvalue weighted by Gasteiger charge is -2.32. The van der Waals surface area contributed by atoms with Gasteiger partial charge in [0.2, 0.25) is 0 Å². The van der Waals surface area contributed by atoms with Gasteiger partial charge in [0.1, 0.15) is 5.75 Å². The Morgan fingerprint density at radius 1 is 1.56 bits per heavy atom. The Kier molecular flexibility index (Phi) is 3.84. The number of phenolic OH excluding ortho intramolecular Hbond substituents is 1. The van der Waals surface area contributed by atoms with E-state index in [2.05, 4.69) is 33.1 Å².